The molecule has 0 aliphatic carbocycles. The van der Waals surface area contributed by atoms with E-state index in [0.29, 0.717) is 28.8 Å². The maximum absolute atomic E-state index is 13.2. The lowest BCUT2D eigenvalue weighted by molar-refractivity contribution is -0.121. The Labute approximate surface area is 157 Å². The first kappa shape index (κ1) is 18.3. The van der Waals surface area contributed by atoms with E-state index in [0.717, 1.165) is 28.0 Å². The predicted octanol–water partition coefficient (Wildman–Crippen LogP) is 2.48. The molecule has 1 aromatic carbocycles. The number of carbonyl (C=O) groups excluding carboxylic acids is 2. The molecule has 0 fully saturated rings. The van der Waals surface area contributed by atoms with Gasteiger partial charge in [0.05, 0.1) is 5.69 Å². The van der Waals surface area contributed by atoms with Gasteiger partial charge in [-0.3, -0.25) is 9.59 Å². The molecule has 1 aliphatic heterocycles. The number of hydrogen-bond acceptors (Lipinski definition) is 8. The molecule has 10 heteroatoms. The minimum absolute atomic E-state index is 0.263. The van der Waals surface area contributed by atoms with Gasteiger partial charge < -0.3 is 10.6 Å². The molecular formula is C16H16FN5O2S2. The monoisotopic (exact) mass is 393 g/mol. The van der Waals surface area contributed by atoms with Crippen LogP contribution in [-0.2, 0) is 9.59 Å². The van der Waals surface area contributed by atoms with Gasteiger partial charge in [-0.05, 0) is 49.9 Å². The van der Waals surface area contributed by atoms with Gasteiger partial charge in [-0.2, -0.15) is 0 Å². The molecule has 0 atom stereocenters. The predicted molar refractivity (Wildman–Crippen MR) is 99.0 cm³/mol. The third-order valence-corrected chi connectivity index (χ3v) is 5.67. The van der Waals surface area contributed by atoms with E-state index in [1.165, 1.54) is 24.3 Å². The topological polar surface area (TPSA) is 92.4 Å². The van der Waals surface area contributed by atoms with E-state index in [1.54, 1.807) is 0 Å². The first-order valence-electron chi connectivity index (χ1n) is 7.86. The molecule has 2 heterocycles. The summed E-state index contributed by atoms with van der Waals surface area (Å²) >= 11 is 2.21. The lowest BCUT2D eigenvalue weighted by Crippen LogP contribution is -2.35. The zero-order valence-corrected chi connectivity index (χ0v) is 15.7. The number of benzene rings is 1. The largest absolute Gasteiger partial charge is 0.374 e. The van der Waals surface area contributed by atoms with E-state index in [-0.39, 0.29) is 10.0 Å². The van der Waals surface area contributed by atoms with Crippen LogP contribution in [0.15, 0.2) is 39.2 Å². The number of carbonyl (C=O) groups is 2. The van der Waals surface area contributed by atoms with Crippen LogP contribution in [0.3, 0.4) is 0 Å². The summed E-state index contributed by atoms with van der Waals surface area (Å²) in [5, 5.41) is 7.94. The molecule has 0 saturated carbocycles. The van der Waals surface area contributed by atoms with Gasteiger partial charge in [0, 0.05) is 13.1 Å². The minimum Gasteiger partial charge on any atom is -0.374 e. The summed E-state index contributed by atoms with van der Waals surface area (Å²) in [6.07, 6.45) is 0. The molecular weight excluding hydrogens is 377 g/mol. The van der Waals surface area contributed by atoms with Crippen LogP contribution in [0.4, 0.5) is 15.2 Å². The lowest BCUT2D eigenvalue weighted by atomic mass is 10.3. The zero-order chi connectivity index (χ0) is 18.8. The second-order valence-electron chi connectivity index (χ2n) is 5.28. The van der Waals surface area contributed by atoms with E-state index in [4.69, 9.17) is 5.73 Å². The first-order valence-corrected chi connectivity index (χ1v) is 9.50. The summed E-state index contributed by atoms with van der Waals surface area (Å²) in [4.78, 5) is 29.1. The molecule has 26 heavy (non-hydrogen) atoms. The maximum atomic E-state index is 13.2. The van der Waals surface area contributed by atoms with Gasteiger partial charge in [0.2, 0.25) is 5.13 Å². The normalized spacial score (nSPS) is 14.5. The Balaban J connectivity index is 2.03. The number of hydrogen-bond donors (Lipinski definition) is 1. The Morgan fingerprint density at radius 1 is 1.15 bits per heavy atom. The van der Waals surface area contributed by atoms with Gasteiger partial charge in [0.25, 0.3) is 11.8 Å². The smallest absolute Gasteiger partial charge is 0.283 e. The van der Waals surface area contributed by atoms with Crippen molar-refractivity contribution in [3.05, 3.63) is 40.7 Å². The SMILES string of the molecule is CCN(CC)C1=C(Sc2nnc(N)s2)C(=O)N(c2ccc(F)cc2)C1=O. The molecule has 2 amide bonds. The van der Waals surface area contributed by atoms with Crippen LogP contribution in [0.1, 0.15) is 13.8 Å². The number of halogens is 1. The van der Waals surface area contributed by atoms with Crippen molar-refractivity contribution in [2.24, 2.45) is 0 Å². The fourth-order valence-electron chi connectivity index (χ4n) is 2.58. The summed E-state index contributed by atoms with van der Waals surface area (Å²) in [7, 11) is 0. The molecule has 0 saturated heterocycles. The van der Waals surface area contributed by atoms with Gasteiger partial charge in [-0.25, -0.2) is 9.29 Å². The van der Waals surface area contributed by atoms with Gasteiger partial charge in [0.1, 0.15) is 16.4 Å². The third-order valence-electron chi connectivity index (χ3n) is 3.79. The van der Waals surface area contributed by atoms with Crippen molar-refractivity contribution in [2.45, 2.75) is 18.2 Å². The second kappa shape index (κ2) is 7.42. The van der Waals surface area contributed by atoms with Crippen molar-refractivity contribution >= 4 is 45.7 Å². The number of anilines is 2. The molecule has 7 nitrogen and oxygen atoms in total. The van der Waals surface area contributed by atoms with Gasteiger partial charge in [-0.1, -0.05) is 11.3 Å². The lowest BCUT2D eigenvalue weighted by Gasteiger charge is -2.22. The van der Waals surface area contributed by atoms with Crippen molar-refractivity contribution < 1.29 is 14.0 Å². The van der Waals surface area contributed by atoms with Crippen LogP contribution in [0.25, 0.3) is 0 Å². The molecule has 136 valence electrons. The second-order valence-corrected chi connectivity index (χ2v) is 7.55. The minimum atomic E-state index is -0.470. The van der Waals surface area contributed by atoms with Gasteiger partial charge in [0.15, 0.2) is 4.34 Å². The molecule has 0 spiro atoms. The van der Waals surface area contributed by atoms with E-state index < -0.39 is 17.6 Å². The molecule has 3 rings (SSSR count). The van der Waals surface area contributed by atoms with Crippen molar-refractivity contribution in [3.63, 3.8) is 0 Å². The molecule has 2 N–H and O–H groups in total. The number of nitrogens with two attached hydrogens (primary N) is 1. The summed E-state index contributed by atoms with van der Waals surface area (Å²) in [6.45, 7) is 4.93. The van der Waals surface area contributed by atoms with Gasteiger partial charge >= 0.3 is 0 Å². The average Bonchev–Trinajstić information content (AvgIpc) is 3.13. The first-order chi connectivity index (χ1) is 12.5. The number of rotatable bonds is 6. The number of imide groups is 1. The van der Waals surface area contributed by atoms with Crippen LogP contribution >= 0.6 is 23.1 Å². The Kier molecular flexibility index (Phi) is 5.23. The van der Waals surface area contributed by atoms with E-state index in [2.05, 4.69) is 10.2 Å². The van der Waals surface area contributed by atoms with Crippen molar-refractivity contribution in [2.75, 3.05) is 23.7 Å². The fourth-order valence-corrected chi connectivity index (χ4v) is 4.35. The van der Waals surface area contributed by atoms with Crippen molar-refractivity contribution in [3.8, 4) is 0 Å². The summed E-state index contributed by atoms with van der Waals surface area (Å²) in [6, 6.07) is 5.23. The quantitative estimate of drug-likeness (QED) is 0.754. The third kappa shape index (κ3) is 3.29. The van der Waals surface area contributed by atoms with Crippen molar-refractivity contribution in [1.29, 1.82) is 0 Å². The molecule has 0 radical (unpaired) electrons. The highest BCUT2D eigenvalue weighted by Gasteiger charge is 2.42. The summed E-state index contributed by atoms with van der Waals surface area (Å²) < 4.78 is 13.7. The average molecular weight is 393 g/mol. The van der Waals surface area contributed by atoms with Crippen LogP contribution in [0.2, 0.25) is 0 Å². The Hall–Kier alpha value is -2.46. The Bertz CT molecular complexity index is 877. The van der Waals surface area contributed by atoms with Crippen LogP contribution in [0.5, 0.6) is 0 Å². The summed E-state index contributed by atoms with van der Waals surface area (Å²) in [5.41, 5.74) is 6.23. The number of amides is 2. The molecule has 0 unspecified atom stereocenters. The highest BCUT2D eigenvalue weighted by molar-refractivity contribution is 8.05. The highest BCUT2D eigenvalue weighted by Crippen LogP contribution is 2.39. The highest BCUT2D eigenvalue weighted by atomic mass is 32.2. The van der Waals surface area contributed by atoms with E-state index in [9.17, 15) is 14.0 Å². The number of nitrogen functional groups attached to an aromatic ring is 1. The molecule has 1 aromatic heterocycles. The Morgan fingerprint density at radius 3 is 2.35 bits per heavy atom. The summed E-state index contributed by atoms with van der Waals surface area (Å²) in [5.74, 6) is -1.35. The Morgan fingerprint density at radius 2 is 1.81 bits per heavy atom. The number of aromatic nitrogens is 2. The number of nitrogens with zero attached hydrogens (tertiary/aromatic N) is 4. The zero-order valence-electron chi connectivity index (χ0n) is 14.1. The van der Waals surface area contributed by atoms with Crippen LogP contribution in [-0.4, -0.2) is 40.0 Å². The van der Waals surface area contributed by atoms with E-state index >= 15 is 0 Å². The number of likely N-dealkylation sites (N-methyl/N-ethyl adjacent to an activating group) is 1. The standard InChI is InChI=1S/C16H16FN5O2S2/c1-3-21(4-2)11-12(25-16-20-19-15(18)26-16)14(24)22(13(11)23)10-7-5-9(17)6-8-10/h5-8H,3-4H2,1-2H3,(H2,18,19). The van der Waals surface area contributed by atoms with Crippen molar-refractivity contribution in [1.82, 2.24) is 15.1 Å². The molecule has 0 bridgehead atoms. The number of thioether (sulfide) groups is 1. The molecule has 2 aromatic rings. The van der Waals surface area contributed by atoms with E-state index in [1.807, 2.05) is 18.7 Å². The fraction of sp³-hybridized carbons (Fsp3) is 0.250. The van der Waals surface area contributed by atoms with Crippen LogP contribution < -0.4 is 10.6 Å². The molecule has 1 aliphatic rings. The van der Waals surface area contributed by atoms with Gasteiger partial charge in [-0.15, -0.1) is 10.2 Å². The van der Waals surface area contributed by atoms with Crippen LogP contribution in [0, 0.1) is 5.82 Å². The maximum Gasteiger partial charge on any atom is 0.283 e.